The van der Waals surface area contributed by atoms with E-state index in [1.807, 2.05) is 4.57 Å². The van der Waals surface area contributed by atoms with Crippen LogP contribution < -0.4 is 11.5 Å². The summed E-state index contributed by atoms with van der Waals surface area (Å²) in [5, 5.41) is 0. The molecule has 0 saturated carbocycles. The largest absolute Gasteiger partial charge is 0.384 e. The minimum absolute atomic E-state index is 0.206. The first kappa shape index (κ1) is 13.3. The van der Waals surface area contributed by atoms with Crippen LogP contribution in [0.4, 0.5) is 5.82 Å². The molecule has 6 nitrogen and oxygen atoms in total. The van der Waals surface area contributed by atoms with E-state index >= 15 is 0 Å². The lowest BCUT2D eigenvalue weighted by Gasteiger charge is -2.18. The number of fused-ring (bicyclic) bond motifs is 1. The molecule has 0 bridgehead atoms. The van der Waals surface area contributed by atoms with Gasteiger partial charge >= 0.3 is 0 Å². The summed E-state index contributed by atoms with van der Waals surface area (Å²) in [6.45, 7) is 4.21. The average molecular weight is 261 g/mol. The quantitative estimate of drug-likeness (QED) is 0.857. The lowest BCUT2D eigenvalue weighted by atomic mass is 10.1. The first-order valence-electron chi connectivity index (χ1n) is 6.51. The molecule has 2 rings (SSSR count). The normalized spacial score (nSPS) is 12.7. The zero-order valence-electron chi connectivity index (χ0n) is 11.3. The van der Waals surface area contributed by atoms with Crippen LogP contribution >= 0.6 is 0 Å². The molecule has 0 aliphatic carbocycles. The Morgan fingerprint density at radius 3 is 2.63 bits per heavy atom. The van der Waals surface area contributed by atoms with Crippen molar-refractivity contribution in [3.63, 3.8) is 0 Å². The molecule has 2 heterocycles. The van der Waals surface area contributed by atoms with Gasteiger partial charge in [0, 0.05) is 18.4 Å². The number of aromatic nitrogens is 3. The molecule has 0 aliphatic heterocycles. The second-order valence-corrected chi connectivity index (χ2v) is 4.57. The molecule has 4 N–H and O–H groups in total. The summed E-state index contributed by atoms with van der Waals surface area (Å²) >= 11 is 0. The monoisotopic (exact) mass is 261 g/mol. The van der Waals surface area contributed by atoms with Gasteiger partial charge in [-0.2, -0.15) is 0 Å². The van der Waals surface area contributed by atoms with Gasteiger partial charge in [-0.05, 0) is 12.8 Å². The van der Waals surface area contributed by atoms with E-state index in [0.717, 1.165) is 19.3 Å². The first-order valence-corrected chi connectivity index (χ1v) is 6.51. The maximum atomic E-state index is 11.6. The fourth-order valence-corrected chi connectivity index (χ4v) is 2.50. The Balaban J connectivity index is 2.73. The number of rotatable bonds is 5. The Labute approximate surface area is 111 Å². The van der Waals surface area contributed by atoms with Crippen molar-refractivity contribution in [2.24, 2.45) is 5.73 Å². The molecule has 0 radical (unpaired) electrons. The Morgan fingerprint density at radius 1 is 1.37 bits per heavy atom. The van der Waals surface area contributed by atoms with Crippen LogP contribution in [0, 0.1) is 0 Å². The van der Waals surface area contributed by atoms with Gasteiger partial charge < -0.3 is 16.0 Å². The third-order valence-electron chi connectivity index (χ3n) is 3.36. The number of carbonyl (C=O) groups is 1. The minimum atomic E-state index is -0.562. The summed E-state index contributed by atoms with van der Waals surface area (Å²) < 4.78 is 1.89. The number of carbonyl (C=O) groups excluding carboxylic acids is 1. The van der Waals surface area contributed by atoms with Gasteiger partial charge in [-0.1, -0.05) is 20.3 Å². The number of primary amides is 1. The van der Waals surface area contributed by atoms with Crippen molar-refractivity contribution in [1.82, 2.24) is 14.5 Å². The summed E-state index contributed by atoms with van der Waals surface area (Å²) in [6, 6.07) is 0.206. The van der Waals surface area contributed by atoms with Gasteiger partial charge in [-0.25, -0.2) is 4.98 Å². The van der Waals surface area contributed by atoms with Crippen molar-refractivity contribution in [1.29, 1.82) is 0 Å². The van der Waals surface area contributed by atoms with Crippen LogP contribution in [0.5, 0.6) is 0 Å². The third kappa shape index (κ3) is 2.14. The van der Waals surface area contributed by atoms with Crippen LogP contribution in [0.2, 0.25) is 0 Å². The number of amides is 1. The SMILES string of the molecule is CCCC(CC)n1c(N)c(C(N)=O)c2nccnc21. The molecule has 0 aliphatic rings. The Morgan fingerprint density at radius 2 is 2.05 bits per heavy atom. The van der Waals surface area contributed by atoms with Crippen molar-refractivity contribution >= 4 is 22.9 Å². The zero-order chi connectivity index (χ0) is 14.0. The summed E-state index contributed by atoms with van der Waals surface area (Å²) in [4.78, 5) is 20.1. The molecule has 1 amide bonds. The average Bonchev–Trinajstić information content (AvgIpc) is 2.68. The summed E-state index contributed by atoms with van der Waals surface area (Å²) in [5.74, 6) is -0.192. The number of anilines is 1. The fourth-order valence-electron chi connectivity index (χ4n) is 2.50. The van der Waals surface area contributed by atoms with Crippen LogP contribution in [0.15, 0.2) is 12.4 Å². The standard InChI is InChI=1S/C13H19N5O/c1-3-5-8(4-2)18-11(14)9(12(15)19)10-13(18)17-7-6-16-10/h6-8H,3-5,14H2,1-2H3,(H2,15,19). The van der Waals surface area contributed by atoms with Crippen LogP contribution in [0.1, 0.15) is 49.5 Å². The molecule has 0 saturated heterocycles. The van der Waals surface area contributed by atoms with Gasteiger partial charge in [-0.3, -0.25) is 9.78 Å². The Kier molecular flexibility index (Phi) is 3.69. The first-order chi connectivity index (χ1) is 9.11. The molecule has 19 heavy (non-hydrogen) atoms. The van der Waals surface area contributed by atoms with Gasteiger partial charge in [0.1, 0.15) is 16.9 Å². The summed E-state index contributed by atoms with van der Waals surface area (Å²) in [6.07, 6.45) is 6.06. The number of nitrogens with zero attached hydrogens (tertiary/aromatic N) is 3. The number of nitrogens with two attached hydrogens (primary N) is 2. The fraction of sp³-hybridized carbons (Fsp3) is 0.462. The van der Waals surface area contributed by atoms with Crippen molar-refractivity contribution in [3.05, 3.63) is 18.0 Å². The molecule has 2 aromatic heterocycles. The zero-order valence-corrected chi connectivity index (χ0v) is 11.3. The van der Waals surface area contributed by atoms with Crippen LogP contribution in [0.25, 0.3) is 11.2 Å². The van der Waals surface area contributed by atoms with Crippen LogP contribution in [-0.4, -0.2) is 20.4 Å². The van der Waals surface area contributed by atoms with E-state index in [9.17, 15) is 4.79 Å². The molecule has 1 unspecified atom stereocenters. The molecule has 0 spiro atoms. The highest BCUT2D eigenvalue weighted by atomic mass is 16.1. The summed E-state index contributed by atoms with van der Waals surface area (Å²) in [5.41, 5.74) is 12.9. The van der Waals surface area contributed by atoms with E-state index < -0.39 is 5.91 Å². The van der Waals surface area contributed by atoms with E-state index in [4.69, 9.17) is 11.5 Å². The van der Waals surface area contributed by atoms with Gasteiger partial charge in [-0.15, -0.1) is 0 Å². The smallest absolute Gasteiger partial charge is 0.254 e. The molecule has 2 aromatic rings. The maximum absolute atomic E-state index is 11.6. The molecule has 0 aromatic carbocycles. The van der Waals surface area contributed by atoms with E-state index in [0.29, 0.717) is 17.0 Å². The number of hydrogen-bond acceptors (Lipinski definition) is 4. The van der Waals surface area contributed by atoms with Gasteiger partial charge in [0.05, 0.1) is 0 Å². The number of hydrogen-bond donors (Lipinski definition) is 2. The molecule has 102 valence electrons. The highest BCUT2D eigenvalue weighted by molar-refractivity contribution is 6.08. The molecule has 6 heteroatoms. The predicted octanol–water partition coefficient (Wildman–Crippen LogP) is 1.86. The van der Waals surface area contributed by atoms with Gasteiger partial charge in [0.15, 0.2) is 5.65 Å². The van der Waals surface area contributed by atoms with Crippen LogP contribution in [0.3, 0.4) is 0 Å². The molecular weight excluding hydrogens is 242 g/mol. The lowest BCUT2D eigenvalue weighted by molar-refractivity contribution is 0.100. The van der Waals surface area contributed by atoms with Crippen molar-refractivity contribution < 1.29 is 4.79 Å². The molecule has 1 atom stereocenters. The molecular formula is C13H19N5O. The van der Waals surface area contributed by atoms with Gasteiger partial charge in [0.2, 0.25) is 0 Å². The Hall–Kier alpha value is -2.11. The van der Waals surface area contributed by atoms with Crippen molar-refractivity contribution in [3.8, 4) is 0 Å². The Bertz CT molecular complexity index is 604. The minimum Gasteiger partial charge on any atom is -0.384 e. The van der Waals surface area contributed by atoms with Crippen molar-refractivity contribution in [2.45, 2.75) is 39.2 Å². The lowest BCUT2D eigenvalue weighted by Crippen LogP contribution is -2.16. The van der Waals surface area contributed by atoms with Crippen LogP contribution in [-0.2, 0) is 0 Å². The van der Waals surface area contributed by atoms with E-state index in [2.05, 4.69) is 23.8 Å². The number of nitrogen functional groups attached to an aromatic ring is 1. The topological polar surface area (TPSA) is 99.8 Å². The van der Waals surface area contributed by atoms with E-state index in [1.54, 1.807) is 12.4 Å². The van der Waals surface area contributed by atoms with Crippen molar-refractivity contribution in [2.75, 3.05) is 5.73 Å². The second kappa shape index (κ2) is 5.26. The second-order valence-electron chi connectivity index (χ2n) is 4.57. The van der Waals surface area contributed by atoms with E-state index in [-0.39, 0.29) is 11.6 Å². The third-order valence-corrected chi connectivity index (χ3v) is 3.36. The predicted molar refractivity (Wildman–Crippen MR) is 74.7 cm³/mol. The summed E-state index contributed by atoms with van der Waals surface area (Å²) in [7, 11) is 0. The molecule has 0 fully saturated rings. The van der Waals surface area contributed by atoms with Gasteiger partial charge in [0.25, 0.3) is 5.91 Å². The van der Waals surface area contributed by atoms with E-state index in [1.165, 1.54) is 0 Å². The highest BCUT2D eigenvalue weighted by Gasteiger charge is 2.24. The maximum Gasteiger partial charge on any atom is 0.254 e. The highest BCUT2D eigenvalue weighted by Crippen LogP contribution is 2.31.